The van der Waals surface area contributed by atoms with Crippen molar-refractivity contribution in [2.24, 2.45) is 0 Å². The number of benzene rings is 1. The van der Waals surface area contributed by atoms with Crippen LogP contribution in [0.5, 0.6) is 0 Å². The quantitative estimate of drug-likeness (QED) is 0.788. The largest absolute Gasteiger partial charge is 0.509 e. The van der Waals surface area contributed by atoms with E-state index in [1.807, 2.05) is 6.92 Å². The van der Waals surface area contributed by atoms with Crippen LogP contribution in [0.15, 0.2) is 24.0 Å². The highest BCUT2D eigenvalue weighted by Crippen LogP contribution is 2.28. The number of nitrogens with one attached hydrogen (secondary N) is 1. The van der Waals surface area contributed by atoms with Gasteiger partial charge >= 0.3 is 0 Å². The molecule has 0 spiro atoms. The van der Waals surface area contributed by atoms with Crippen LogP contribution in [0.4, 0.5) is 0 Å². The fraction of sp³-hybridized carbons (Fsp3) is 0.250. The van der Waals surface area contributed by atoms with Crippen molar-refractivity contribution in [3.05, 3.63) is 40.1 Å². The monoisotopic (exact) mass is 237 g/mol. The van der Waals surface area contributed by atoms with Gasteiger partial charge < -0.3 is 10.4 Å². The van der Waals surface area contributed by atoms with E-state index < -0.39 is 0 Å². The number of carbonyl (C=O) groups is 1. The van der Waals surface area contributed by atoms with E-state index in [-0.39, 0.29) is 17.7 Å². The Morgan fingerprint density at radius 1 is 1.44 bits per heavy atom. The molecule has 0 saturated carbocycles. The maximum Gasteiger partial charge on any atom is 0.255 e. The number of hydrogen-bond acceptors (Lipinski definition) is 2. The van der Waals surface area contributed by atoms with Gasteiger partial charge in [0, 0.05) is 5.02 Å². The summed E-state index contributed by atoms with van der Waals surface area (Å²) in [6.45, 7) is 3.60. The van der Waals surface area contributed by atoms with Crippen LogP contribution >= 0.6 is 11.6 Å². The number of hydrogen-bond donors (Lipinski definition) is 2. The minimum Gasteiger partial charge on any atom is -0.509 e. The maximum atomic E-state index is 11.7. The van der Waals surface area contributed by atoms with Crippen LogP contribution in [0.25, 0.3) is 5.57 Å². The summed E-state index contributed by atoms with van der Waals surface area (Å²) >= 11 is 5.85. The summed E-state index contributed by atoms with van der Waals surface area (Å²) in [5.41, 5.74) is 1.95. The lowest BCUT2D eigenvalue weighted by atomic mass is 10.00. The Balaban J connectivity index is 2.56. The van der Waals surface area contributed by atoms with Gasteiger partial charge in [-0.3, -0.25) is 4.79 Å². The zero-order valence-electron chi connectivity index (χ0n) is 9.04. The van der Waals surface area contributed by atoms with Crippen LogP contribution in [-0.2, 0) is 4.79 Å². The number of amides is 1. The highest BCUT2D eigenvalue weighted by molar-refractivity contribution is 6.31. The first-order chi connectivity index (χ1) is 7.50. The van der Waals surface area contributed by atoms with Crippen molar-refractivity contribution in [1.29, 1.82) is 0 Å². The molecule has 0 saturated heterocycles. The summed E-state index contributed by atoms with van der Waals surface area (Å²) in [5, 5.41) is 13.1. The first-order valence-corrected chi connectivity index (χ1v) is 5.39. The fourth-order valence-corrected chi connectivity index (χ4v) is 2.06. The van der Waals surface area contributed by atoms with Crippen molar-refractivity contribution in [1.82, 2.24) is 5.32 Å². The van der Waals surface area contributed by atoms with Gasteiger partial charge in [-0.1, -0.05) is 17.7 Å². The number of aliphatic hydroxyl groups excluding tert-OH is 1. The third-order valence-corrected chi connectivity index (χ3v) is 2.93. The van der Waals surface area contributed by atoms with Crippen molar-refractivity contribution in [3.63, 3.8) is 0 Å². The molecule has 16 heavy (non-hydrogen) atoms. The van der Waals surface area contributed by atoms with Crippen LogP contribution in [-0.4, -0.2) is 17.1 Å². The van der Waals surface area contributed by atoms with Crippen LogP contribution in [0.2, 0.25) is 5.02 Å². The second-order valence-electron chi connectivity index (χ2n) is 3.91. The second-order valence-corrected chi connectivity index (χ2v) is 4.35. The van der Waals surface area contributed by atoms with Gasteiger partial charge in [0.05, 0.1) is 11.6 Å². The minimum atomic E-state index is -0.322. The molecule has 1 unspecified atom stereocenters. The summed E-state index contributed by atoms with van der Waals surface area (Å²) < 4.78 is 0. The van der Waals surface area contributed by atoms with Crippen molar-refractivity contribution in [3.8, 4) is 0 Å². The topological polar surface area (TPSA) is 49.3 Å². The Kier molecular flexibility index (Phi) is 2.64. The summed E-state index contributed by atoms with van der Waals surface area (Å²) in [7, 11) is 0. The summed E-state index contributed by atoms with van der Waals surface area (Å²) in [6, 6.07) is 4.91. The van der Waals surface area contributed by atoms with E-state index in [0.29, 0.717) is 10.6 Å². The Hall–Kier alpha value is -1.48. The lowest BCUT2D eigenvalue weighted by molar-refractivity contribution is -0.115. The van der Waals surface area contributed by atoms with Gasteiger partial charge in [0.1, 0.15) is 5.76 Å². The molecule has 1 aromatic rings. The molecule has 1 atom stereocenters. The molecular weight excluding hydrogens is 226 g/mol. The maximum absolute atomic E-state index is 11.7. The Bertz CT molecular complexity index is 494. The van der Waals surface area contributed by atoms with E-state index in [1.165, 1.54) is 0 Å². The molecule has 0 radical (unpaired) electrons. The molecule has 1 aliphatic heterocycles. The molecule has 0 fully saturated rings. The van der Waals surface area contributed by atoms with Gasteiger partial charge in [-0.2, -0.15) is 0 Å². The molecule has 84 valence electrons. The molecule has 2 rings (SSSR count). The minimum absolute atomic E-state index is 0.0930. The van der Waals surface area contributed by atoms with Crippen molar-refractivity contribution >= 4 is 23.1 Å². The van der Waals surface area contributed by atoms with Gasteiger partial charge in [-0.25, -0.2) is 0 Å². The first-order valence-electron chi connectivity index (χ1n) is 5.01. The molecule has 1 aromatic carbocycles. The molecule has 4 heteroatoms. The Labute approximate surface area is 98.7 Å². The van der Waals surface area contributed by atoms with E-state index in [9.17, 15) is 9.90 Å². The third-order valence-electron chi connectivity index (χ3n) is 2.70. The molecule has 0 aliphatic carbocycles. The molecule has 0 bridgehead atoms. The van der Waals surface area contributed by atoms with Crippen LogP contribution in [0.1, 0.15) is 18.1 Å². The molecule has 3 nitrogen and oxygen atoms in total. The smallest absolute Gasteiger partial charge is 0.255 e. The van der Waals surface area contributed by atoms with Crippen molar-refractivity contribution in [2.45, 2.75) is 19.9 Å². The van der Waals surface area contributed by atoms with E-state index in [0.717, 1.165) is 11.1 Å². The average Bonchev–Trinajstić information content (AvgIpc) is 2.43. The first kappa shape index (κ1) is 11.0. The molecule has 0 aromatic heterocycles. The molecule has 2 N–H and O–H groups in total. The van der Waals surface area contributed by atoms with Gasteiger partial charge in [-0.15, -0.1) is 0 Å². The number of rotatable bonds is 1. The second kappa shape index (κ2) is 3.83. The summed E-state index contributed by atoms with van der Waals surface area (Å²) in [5.74, 6) is -0.147. The van der Waals surface area contributed by atoms with Crippen LogP contribution < -0.4 is 5.32 Å². The molecule has 1 heterocycles. The fourth-order valence-electron chi connectivity index (χ4n) is 1.84. The zero-order valence-corrected chi connectivity index (χ0v) is 9.80. The normalized spacial score (nSPS) is 20.2. The number of carbonyl (C=O) groups excluding carboxylic acids is 1. The highest BCUT2D eigenvalue weighted by atomic mass is 35.5. The van der Waals surface area contributed by atoms with E-state index in [2.05, 4.69) is 5.32 Å². The van der Waals surface area contributed by atoms with Gasteiger partial charge in [0.25, 0.3) is 5.91 Å². The van der Waals surface area contributed by atoms with Crippen molar-refractivity contribution in [2.75, 3.05) is 0 Å². The zero-order chi connectivity index (χ0) is 11.9. The number of aryl methyl sites for hydroxylation is 1. The van der Waals surface area contributed by atoms with E-state index >= 15 is 0 Å². The predicted molar refractivity (Wildman–Crippen MR) is 63.3 cm³/mol. The van der Waals surface area contributed by atoms with Gasteiger partial charge in [0.2, 0.25) is 0 Å². The molecular formula is C12H12ClNO2. The number of aliphatic hydroxyl groups is 1. The molecule has 1 amide bonds. The summed E-state index contributed by atoms with van der Waals surface area (Å²) in [4.78, 5) is 11.7. The lowest BCUT2D eigenvalue weighted by Crippen LogP contribution is -2.25. The molecule has 1 aliphatic rings. The Morgan fingerprint density at radius 3 is 2.62 bits per heavy atom. The van der Waals surface area contributed by atoms with Crippen molar-refractivity contribution < 1.29 is 9.90 Å². The Morgan fingerprint density at radius 2 is 2.12 bits per heavy atom. The highest BCUT2D eigenvalue weighted by Gasteiger charge is 2.30. The third kappa shape index (κ3) is 1.67. The van der Waals surface area contributed by atoms with Gasteiger partial charge in [-0.05, 0) is 37.1 Å². The van der Waals surface area contributed by atoms with Gasteiger partial charge in [0.15, 0.2) is 0 Å². The predicted octanol–water partition coefficient (Wildman–Crippen LogP) is 2.44. The van der Waals surface area contributed by atoms with Crippen LogP contribution in [0.3, 0.4) is 0 Å². The average molecular weight is 238 g/mol. The SMILES string of the molecule is Cc1cc(Cl)ccc1C1=C(O)C(C)NC1=O. The van der Waals surface area contributed by atoms with E-state index in [1.54, 1.807) is 25.1 Å². The number of halogens is 1. The van der Waals surface area contributed by atoms with Crippen LogP contribution in [0, 0.1) is 6.92 Å². The summed E-state index contributed by atoms with van der Waals surface area (Å²) in [6.07, 6.45) is 0. The standard InChI is InChI=1S/C12H12ClNO2/c1-6-5-8(13)3-4-9(6)10-11(15)7(2)14-12(10)16/h3-5,7,15H,1-2H3,(H,14,16). The lowest BCUT2D eigenvalue weighted by Gasteiger charge is -2.06. The van der Waals surface area contributed by atoms with E-state index in [4.69, 9.17) is 11.6 Å².